The number of hydrogen-bond acceptors (Lipinski definition) is 2. The van der Waals surface area contributed by atoms with Crippen LogP contribution in [-0.4, -0.2) is 15.9 Å². The number of benzene rings is 1. The van der Waals surface area contributed by atoms with Crippen molar-refractivity contribution >= 4 is 16.9 Å². The number of H-pyrrole nitrogens is 1. The van der Waals surface area contributed by atoms with E-state index in [1.54, 1.807) is 13.0 Å². The van der Waals surface area contributed by atoms with Crippen molar-refractivity contribution in [3.8, 4) is 0 Å². The molecule has 0 unspecified atom stereocenters. The molecule has 1 aromatic carbocycles. The first-order valence-electron chi connectivity index (χ1n) is 7.29. The number of carbonyl (C=O) groups is 1. The van der Waals surface area contributed by atoms with E-state index in [4.69, 9.17) is 0 Å². The maximum absolute atomic E-state index is 13.1. The van der Waals surface area contributed by atoms with Gasteiger partial charge in [0.25, 0.3) is 0 Å². The van der Waals surface area contributed by atoms with Gasteiger partial charge in [-0.2, -0.15) is 13.2 Å². The number of aromatic nitrogens is 2. The van der Waals surface area contributed by atoms with Crippen molar-refractivity contribution < 1.29 is 18.0 Å². The van der Waals surface area contributed by atoms with Crippen LogP contribution in [0.3, 0.4) is 0 Å². The van der Waals surface area contributed by atoms with Crippen molar-refractivity contribution in [3.63, 3.8) is 0 Å². The summed E-state index contributed by atoms with van der Waals surface area (Å²) in [5.74, 6) is 0.142. The van der Waals surface area contributed by atoms with Gasteiger partial charge in [-0.25, -0.2) is 4.98 Å². The molecule has 126 valence electrons. The van der Waals surface area contributed by atoms with Gasteiger partial charge in [0.1, 0.15) is 5.82 Å². The molecule has 0 radical (unpaired) electrons. The van der Waals surface area contributed by atoms with Crippen LogP contribution in [0, 0.1) is 12.3 Å². The Kier molecular flexibility index (Phi) is 4.41. The lowest BCUT2D eigenvalue weighted by Gasteiger charge is -2.16. The van der Waals surface area contributed by atoms with Crippen LogP contribution < -0.4 is 5.32 Å². The highest BCUT2D eigenvalue weighted by atomic mass is 19.4. The maximum atomic E-state index is 13.1. The minimum atomic E-state index is -4.45. The van der Waals surface area contributed by atoms with Gasteiger partial charge in [0.05, 0.1) is 23.1 Å². The molecule has 4 nitrogen and oxygen atoms in total. The van der Waals surface area contributed by atoms with E-state index in [-0.39, 0.29) is 28.9 Å². The molecule has 2 N–H and O–H groups in total. The van der Waals surface area contributed by atoms with Gasteiger partial charge < -0.3 is 10.3 Å². The summed E-state index contributed by atoms with van der Waals surface area (Å²) in [5.41, 5.74) is -0.217. The number of hydrogen-bond donors (Lipinski definition) is 2. The summed E-state index contributed by atoms with van der Waals surface area (Å²) >= 11 is 0. The van der Waals surface area contributed by atoms with E-state index in [0.29, 0.717) is 17.8 Å². The third-order valence-corrected chi connectivity index (χ3v) is 3.24. The van der Waals surface area contributed by atoms with Gasteiger partial charge in [0, 0.05) is 6.42 Å². The zero-order valence-corrected chi connectivity index (χ0v) is 13.6. The molecule has 0 saturated heterocycles. The van der Waals surface area contributed by atoms with Crippen molar-refractivity contribution in [2.75, 3.05) is 0 Å². The molecular formula is C16H20F3N3O. The highest BCUT2D eigenvalue weighted by Gasteiger charge is 2.34. The molecule has 0 spiro atoms. The number of alkyl halides is 3. The third kappa shape index (κ3) is 4.46. The number of imidazole rings is 1. The van der Waals surface area contributed by atoms with Gasteiger partial charge in [-0.1, -0.05) is 20.8 Å². The summed E-state index contributed by atoms with van der Waals surface area (Å²) < 4.78 is 39.3. The summed E-state index contributed by atoms with van der Waals surface area (Å²) in [6.45, 7) is 7.47. The highest BCUT2D eigenvalue weighted by molar-refractivity contribution is 5.81. The summed E-state index contributed by atoms with van der Waals surface area (Å²) in [7, 11) is 0. The van der Waals surface area contributed by atoms with E-state index < -0.39 is 11.7 Å². The molecule has 0 aliphatic carbocycles. The average molecular weight is 327 g/mol. The Balaban J connectivity index is 2.22. The minimum absolute atomic E-state index is 0.0526. The normalized spacial score (nSPS) is 12.7. The van der Waals surface area contributed by atoms with Crippen molar-refractivity contribution in [2.45, 2.75) is 46.8 Å². The smallest absolute Gasteiger partial charge is 0.349 e. The number of nitrogens with zero attached hydrogens (tertiary/aromatic N) is 1. The molecule has 1 heterocycles. The van der Waals surface area contributed by atoms with Crippen LogP contribution in [0.1, 0.15) is 44.1 Å². The molecule has 0 saturated carbocycles. The fourth-order valence-electron chi connectivity index (χ4n) is 2.34. The molecule has 0 aliphatic heterocycles. The lowest BCUT2D eigenvalue weighted by atomic mass is 9.92. The number of fused-ring (bicyclic) bond motifs is 1. The quantitative estimate of drug-likeness (QED) is 0.897. The minimum Gasteiger partial charge on any atom is -0.349 e. The molecule has 0 fully saturated rings. The van der Waals surface area contributed by atoms with E-state index in [1.165, 1.54) is 0 Å². The second-order valence-corrected chi connectivity index (χ2v) is 6.90. The number of rotatable bonds is 3. The van der Waals surface area contributed by atoms with Gasteiger partial charge in [-0.05, 0) is 30.0 Å². The topological polar surface area (TPSA) is 57.8 Å². The van der Waals surface area contributed by atoms with Crippen LogP contribution in [0.4, 0.5) is 13.2 Å². The molecule has 1 aromatic heterocycles. The number of nitrogens with one attached hydrogen (secondary N) is 2. The molecule has 7 heteroatoms. The molecule has 1 amide bonds. The van der Waals surface area contributed by atoms with Gasteiger partial charge >= 0.3 is 6.18 Å². The SMILES string of the molecule is Cc1cc(C(F)(F)F)c2[nH]c(CNC(=O)CC(C)(C)C)nc2c1. The van der Waals surface area contributed by atoms with Crippen LogP contribution in [0.25, 0.3) is 11.0 Å². The van der Waals surface area contributed by atoms with E-state index in [9.17, 15) is 18.0 Å². The van der Waals surface area contributed by atoms with Crippen LogP contribution in [0.15, 0.2) is 12.1 Å². The molecule has 2 aromatic rings. The predicted octanol–water partition coefficient (Wildman–Crippen LogP) is 3.94. The maximum Gasteiger partial charge on any atom is 0.418 e. The molecule has 23 heavy (non-hydrogen) atoms. The summed E-state index contributed by atoms with van der Waals surface area (Å²) in [6, 6.07) is 2.67. The second-order valence-electron chi connectivity index (χ2n) is 6.90. The number of aryl methyl sites for hydroxylation is 1. The molecule has 2 rings (SSSR count). The van der Waals surface area contributed by atoms with Crippen LogP contribution in [0.5, 0.6) is 0 Å². The van der Waals surface area contributed by atoms with Crippen molar-refractivity contribution in [2.24, 2.45) is 5.41 Å². The Hall–Kier alpha value is -2.05. The van der Waals surface area contributed by atoms with E-state index in [0.717, 1.165) is 6.07 Å². The lowest BCUT2D eigenvalue weighted by molar-refractivity contribution is -0.136. The van der Waals surface area contributed by atoms with Crippen molar-refractivity contribution in [3.05, 3.63) is 29.1 Å². The van der Waals surface area contributed by atoms with Gasteiger partial charge in [-0.3, -0.25) is 4.79 Å². The number of aromatic amines is 1. The Morgan fingerprint density at radius 1 is 1.26 bits per heavy atom. The number of amides is 1. The van der Waals surface area contributed by atoms with Crippen LogP contribution in [0.2, 0.25) is 0 Å². The Labute approximate surface area is 132 Å². The molecule has 0 bridgehead atoms. The monoisotopic (exact) mass is 327 g/mol. The highest BCUT2D eigenvalue weighted by Crippen LogP contribution is 2.34. The number of halogens is 3. The van der Waals surface area contributed by atoms with Crippen molar-refractivity contribution in [1.82, 2.24) is 15.3 Å². The van der Waals surface area contributed by atoms with Gasteiger partial charge in [0.2, 0.25) is 5.91 Å². The van der Waals surface area contributed by atoms with Crippen LogP contribution in [-0.2, 0) is 17.5 Å². The van der Waals surface area contributed by atoms with Gasteiger partial charge in [0.15, 0.2) is 0 Å². The summed E-state index contributed by atoms with van der Waals surface area (Å²) in [6.07, 6.45) is -4.12. The predicted molar refractivity (Wildman–Crippen MR) is 81.8 cm³/mol. The number of carbonyl (C=O) groups excluding carboxylic acids is 1. The Morgan fingerprint density at radius 2 is 1.91 bits per heavy atom. The molecular weight excluding hydrogens is 307 g/mol. The Bertz CT molecular complexity index is 726. The first-order chi connectivity index (χ1) is 10.5. The standard InChI is InChI=1S/C16H20F3N3O/c1-9-5-10(16(17,18)19)14-11(6-9)21-12(22-14)8-20-13(23)7-15(2,3)4/h5-6H,7-8H2,1-4H3,(H,20,23)(H,21,22). The van der Waals surface area contributed by atoms with Gasteiger partial charge in [-0.15, -0.1) is 0 Å². The molecule has 0 atom stereocenters. The molecule has 0 aliphatic rings. The average Bonchev–Trinajstić information content (AvgIpc) is 2.74. The largest absolute Gasteiger partial charge is 0.418 e. The van der Waals surface area contributed by atoms with Crippen LogP contribution >= 0.6 is 0 Å². The Morgan fingerprint density at radius 3 is 2.48 bits per heavy atom. The third-order valence-electron chi connectivity index (χ3n) is 3.24. The fraction of sp³-hybridized carbons (Fsp3) is 0.500. The zero-order chi connectivity index (χ0) is 17.4. The van der Waals surface area contributed by atoms with E-state index in [1.807, 2.05) is 20.8 Å². The summed E-state index contributed by atoms with van der Waals surface area (Å²) in [5, 5.41) is 2.68. The first-order valence-corrected chi connectivity index (χ1v) is 7.29. The second kappa shape index (κ2) is 5.86. The first kappa shape index (κ1) is 17.3. The van der Waals surface area contributed by atoms with E-state index >= 15 is 0 Å². The van der Waals surface area contributed by atoms with Crippen molar-refractivity contribution in [1.29, 1.82) is 0 Å². The fourth-order valence-corrected chi connectivity index (χ4v) is 2.34. The summed E-state index contributed by atoms with van der Waals surface area (Å²) in [4.78, 5) is 18.6. The zero-order valence-electron chi connectivity index (χ0n) is 13.6. The lowest BCUT2D eigenvalue weighted by Crippen LogP contribution is -2.27. The van der Waals surface area contributed by atoms with E-state index in [2.05, 4.69) is 15.3 Å².